The molecule has 0 N–H and O–H groups in total. The lowest BCUT2D eigenvalue weighted by molar-refractivity contribution is 0.0606. The SMILES string of the molecule is COc1ccc2c(-c3ccccc3)c(C(=O)N3CCCC[C@H]3C)oc2c1. The van der Waals surface area contributed by atoms with Crippen molar-refractivity contribution in [2.75, 3.05) is 13.7 Å². The van der Waals surface area contributed by atoms with Gasteiger partial charge in [-0.3, -0.25) is 4.79 Å². The Hall–Kier alpha value is -2.75. The van der Waals surface area contributed by atoms with Gasteiger partial charge in [0.05, 0.1) is 7.11 Å². The van der Waals surface area contributed by atoms with Gasteiger partial charge in [-0.2, -0.15) is 0 Å². The number of methoxy groups -OCH3 is 1. The van der Waals surface area contributed by atoms with Crippen molar-refractivity contribution in [3.05, 3.63) is 54.3 Å². The molecule has 2 heterocycles. The average Bonchev–Trinajstić information content (AvgIpc) is 3.07. The Labute approximate surface area is 153 Å². The number of hydrogen-bond donors (Lipinski definition) is 0. The number of likely N-dealkylation sites (tertiary alicyclic amines) is 1. The van der Waals surface area contributed by atoms with E-state index in [0.717, 1.165) is 41.6 Å². The molecule has 1 aromatic heterocycles. The number of benzene rings is 2. The van der Waals surface area contributed by atoms with Crippen LogP contribution in [0.3, 0.4) is 0 Å². The van der Waals surface area contributed by atoms with Crippen LogP contribution in [0.25, 0.3) is 22.1 Å². The molecule has 134 valence electrons. The molecule has 0 radical (unpaired) electrons. The van der Waals surface area contributed by atoms with Gasteiger partial charge in [0.1, 0.15) is 11.3 Å². The summed E-state index contributed by atoms with van der Waals surface area (Å²) in [5, 5.41) is 0.935. The van der Waals surface area contributed by atoms with Gasteiger partial charge in [-0.25, -0.2) is 0 Å². The minimum atomic E-state index is -0.0220. The van der Waals surface area contributed by atoms with Crippen molar-refractivity contribution in [1.82, 2.24) is 4.90 Å². The van der Waals surface area contributed by atoms with Crippen LogP contribution in [0.1, 0.15) is 36.7 Å². The highest BCUT2D eigenvalue weighted by atomic mass is 16.5. The lowest BCUT2D eigenvalue weighted by atomic mass is 9.99. The Kier molecular flexibility index (Phi) is 4.41. The van der Waals surface area contributed by atoms with Crippen LogP contribution >= 0.6 is 0 Å². The van der Waals surface area contributed by atoms with Gasteiger partial charge in [-0.15, -0.1) is 0 Å². The van der Waals surface area contributed by atoms with Crippen molar-refractivity contribution in [3.63, 3.8) is 0 Å². The van der Waals surface area contributed by atoms with E-state index < -0.39 is 0 Å². The lowest BCUT2D eigenvalue weighted by Crippen LogP contribution is -2.42. The summed E-state index contributed by atoms with van der Waals surface area (Å²) in [5.41, 5.74) is 2.53. The molecule has 1 amide bonds. The third-order valence-corrected chi connectivity index (χ3v) is 5.22. The van der Waals surface area contributed by atoms with E-state index in [2.05, 4.69) is 6.92 Å². The van der Waals surface area contributed by atoms with Gasteiger partial charge < -0.3 is 14.1 Å². The number of carbonyl (C=O) groups is 1. The Morgan fingerprint density at radius 2 is 1.96 bits per heavy atom. The summed E-state index contributed by atoms with van der Waals surface area (Å²) in [4.78, 5) is 15.3. The highest BCUT2D eigenvalue weighted by Crippen LogP contribution is 2.37. The van der Waals surface area contributed by atoms with Crippen molar-refractivity contribution >= 4 is 16.9 Å². The van der Waals surface area contributed by atoms with Crippen LogP contribution in [0.2, 0.25) is 0 Å². The van der Waals surface area contributed by atoms with Crippen LogP contribution in [0.4, 0.5) is 0 Å². The van der Waals surface area contributed by atoms with Crippen molar-refractivity contribution in [2.24, 2.45) is 0 Å². The fourth-order valence-electron chi connectivity index (χ4n) is 3.78. The van der Waals surface area contributed by atoms with Crippen molar-refractivity contribution in [1.29, 1.82) is 0 Å². The van der Waals surface area contributed by atoms with E-state index in [9.17, 15) is 4.79 Å². The van der Waals surface area contributed by atoms with Gasteiger partial charge in [-0.05, 0) is 43.9 Å². The summed E-state index contributed by atoms with van der Waals surface area (Å²) in [5.74, 6) is 1.12. The average molecular weight is 349 g/mol. The molecule has 1 atom stereocenters. The third kappa shape index (κ3) is 2.85. The number of piperidine rings is 1. The smallest absolute Gasteiger partial charge is 0.290 e. The molecule has 2 aromatic carbocycles. The summed E-state index contributed by atoms with van der Waals surface area (Å²) >= 11 is 0. The van der Waals surface area contributed by atoms with Gasteiger partial charge in [0.2, 0.25) is 5.76 Å². The van der Waals surface area contributed by atoms with Gasteiger partial charge in [-0.1, -0.05) is 30.3 Å². The zero-order chi connectivity index (χ0) is 18.1. The molecule has 4 rings (SSSR count). The van der Waals surface area contributed by atoms with Gasteiger partial charge >= 0.3 is 0 Å². The molecule has 1 fully saturated rings. The molecule has 0 aliphatic carbocycles. The van der Waals surface area contributed by atoms with Gasteiger partial charge in [0.25, 0.3) is 5.91 Å². The van der Waals surface area contributed by atoms with Crippen LogP contribution in [0.5, 0.6) is 5.75 Å². The standard InChI is InChI=1S/C22H23NO3/c1-15-8-6-7-13-23(15)22(24)21-20(16-9-4-3-5-10-16)18-12-11-17(25-2)14-19(18)26-21/h3-5,9-12,14-15H,6-8,13H2,1-2H3/t15-/m1/s1. The van der Waals surface area contributed by atoms with Crippen LogP contribution in [-0.4, -0.2) is 30.5 Å². The Morgan fingerprint density at radius 1 is 1.15 bits per heavy atom. The molecule has 0 bridgehead atoms. The quantitative estimate of drug-likeness (QED) is 0.659. The molecule has 26 heavy (non-hydrogen) atoms. The lowest BCUT2D eigenvalue weighted by Gasteiger charge is -2.32. The van der Waals surface area contributed by atoms with Crippen molar-refractivity contribution < 1.29 is 13.9 Å². The number of hydrogen-bond acceptors (Lipinski definition) is 3. The minimum Gasteiger partial charge on any atom is -0.497 e. The number of fused-ring (bicyclic) bond motifs is 1. The van der Waals surface area contributed by atoms with E-state index in [1.165, 1.54) is 6.42 Å². The highest BCUT2D eigenvalue weighted by molar-refractivity contribution is 6.08. The molecule has 4 heteroatoms. The third-order valence-electron chi connectivity index (χ3n) is 5.22. The Bertz CT molecular complexity index is 929. The summed E-state index contributed by atoms with van der Waals surface area (Å²) < 4.78 is 11.4. The zero-order valence-electron chi connectivity index (χ0n) is 15.2. The maximum atomic E-state index is 13.3. The molecule has 3 aromatic rings. The number of ether oxygens (including phenoxy) is 1. The molecule has 0 spiro atoms. The molecule has 0 unspecified atom stereocenters. The van der Waals surface area contributed by atoms with Gasteiger partial charge in [0.15, 0.2) is 0 Å². The predicted octanol–water partition coefficient (Wildman–Crippen LogP) is 5.12. The van der Waals surface area contributed by atoms with Crippen LogP contribution in [-0.2, 0) is 0 Å². The second-order valence-electron chi connectivity index (χ2n) is 6.88. The van der Waals surface area contributed by atoms with E-state index in [1.54, 1.807) is 7.11 Å². The molecule has 1 aliphatic heterocycles. The predicted molar refractivity (Wildman–Crippen MR) is 103 cm³/mol. The number of carbonyl (C=O) groups excluding carboxylic acids is 1. The zero-order valence-corrected chi connectivity index (χ0v) is 15.2. The first kappa shape index (κ1) is 16.7. The van der Waals surface area contributed by atoms with Crippen LogP contribution in [0, 0.1) is 0 Å². The monoisotopic (exact) mass is 349 g/mol. The van der Waals surface area contributed by atoms with Crippen molar-refractivity contribution in [2.45, 2.75) is 32.2 Å². The first-order chi connectivity index (χ1) is 12.7. The maximum Gasteiger partial charge on any atom is 0.290 e. The van der Waals surface area contributed by atoms with Crippen LogP contribution in [0.15, 0.2) is 52.9 Å². The number of rotatable bonds is 3. The summed E-state index contributed by atoms with van der Waals surface area (Å²) in [6, 6.07) is 15.9. The Morgan fingerprint density at radius 3 is 2.69 bits per heavy atom. The van der Waals surface area contributed by atoms with E-state index in [4.69, 9.17) is 9.15 Å². The van der Waals surface area contributed by atoms with Crippen LogP contribution < -0.4 is 4.74 Å². The largest absolute Gasteiger partial charge is 0.497 e. The topological polar surface area (TPSA) is 42.7 Å². The minimum absolute atomic E-state index is 0.0220. The fraction of sp³-hybridized carbons (Fsp3) is 0.318. The van der Waals surface area contributed by atoms with Crippen molar-refractivity contribution in [3.8, 4) is 16.9 Å². The van der Waals surface area contributed by atoms with Gasteiger partial charge in [0, 0.05) is 29.6 Å². The highest BCUT2D eigenvalue weighted by Gasteiger charge is 2.30. The maximum absolute atomic E-state index is 13.3. The molecular formula is C22H23NO3. The van der Waals surface area contributed by atoms with E-state index >= 15 is 0 Å². The molecule has 0 saturated carbocycles. The molecule has 4 nitrogen and oxygen atoms in total. The molecule has 1 aliphatic rings. The summed E-state index contributed by atoms with van der Waals surface area (Å²) in [7, 11) is 1.63. The molecule has 1 saturated heterocycles. The fourth-order valence-corrected chi connectivity index (χ4v) is 3.78. The summed E-state index contributed by atoms with van der Waals surface area (Å²) in [6.07, 6.45) is 3.26. The number of furan rings is 1. The normalized spacial score (nSPS) is 17.5. The second kappa shape index (κ2) is 6.87. The van der Waals surface area contributed by atoms with E-state index in [1.807, 2.05) is 53.4 Å². The summed E-state index contributed by atoms with van der Waals surface area (Å²) in [6.45, 7) is 2.90. The number of nitrogens with zero attached hydrogens (tertiary/aromatic N) is 1. The number of amides is 1. The Balaban J connectivity index is 1.88. The second-order valence-corrected chi connectivity index (χ2v) is 6.88. The van der Waals surface area contributed by atoms with E-state index in [-0.39, 0.29) is 11.9 Å². The first-order valence-electron chi connectivity index (χ1n) is 9.16. The molecular weight excluding hydrogens is 326 g/mol. The first-order valence-corrected chi connectivity index (χ1v) is 9.16. The van der Waals surface area contributed by atoms with E-state index in [0.29, 0.717) is 11.3 Å².